The molecule has 0 aromatic heterocycles. The monoisotopic (exact) mass is 392 g/mol. The number of nitriles is 4. The Morgan fingerprint density at radius 2 is 1.43 bits per heavy atom. The Labute approximate surface area is 167 Å². The number of nitrogens with zero attached hydrogens (tertiary/aromatic N) is 4. The molecule has 1 fully saturated rings. The van der Waals surface area contributed by atoms with Gasteiger partial charge in [-0.05, 0) is 31.6 Å². The van der Waals surface area contributed by atoms with Crippen molar-refractivity contribution < 1.29 is 9.16 Å². The van der Waals surface area contributed by atoms with E-state index in [1.807, 2.05) is 69.0 Å². The molecule has 2 rings (SSSR count). The molecule has 2 atom stereocenters. The van der Waals surface area contributed by atoms with Crippen LogP contribution in [0.15, 0.2) is 30.3 Å². The van der Waals surface area contributed by atoms with E-state index < -0.39 is 30.3 Å². The van der Waals surface area contributed by atoms with Crippen LogP contribution in [0, 0.1) is 56.2 Å². The molecule has 0 aliphatic heterocycles. The van der Waals surface area contributed by atoms with Gasteiger partial charge >= 0.3 is 0 Å². The van der Waals surface area contributed by atoms with Crippen molar-refractivity contribution in [3.8, 4) is 24.3 Å². The summed E-state index contributed by atoms with van der Waals surface area (Å²) in [6.07, 6.45) is 0.424. The molecule has 28 heavy (non-hydrogen) atoms. The fourth-order valence-electron chi connectivity index (χ4n) is 4.62. The molecule has 0 spiro atoms. The summed E-state index contributed by atoms with van der Waals surface area (Å²) >= 11 is 0. The van der Waals surface area contributed by atoms with E-state index in [-0.39, 0.29) is 6.42 Å². The molecule has 1 aliphatic rings. The van der Waals surface area contributed by atoms with Gasteiger partial charge in [-0.25, -0.2) is 0 Å². The first-order chi connectivity index (χ1) is 13.1. The Kier molecular flexibility index (Phi) is 5.44. The van der Waals surface area contributed by atoms with E-state index in [1.54, 1.807) is 0 Å². The zero-order valence-electron chi connectivity index (χ0n) is 16.9. The lowest BCUT2D eigenvalue weighted by atomic mass is 9.55. The van der Waals surface area contributed by atoms with Crippen LogP contribution in [0.5, 0.6) is 0 Å². The van der Waals surface area contributed by atoms with E-state index in [1.165, 1.54) is 7.11 Å². The lowest BCUT2D eigenvalue weighted by molar-refractivity contribution is -0.207. The minimum atomic E-state index is -2.35. The van der Waals surface area contributed by atoms with Gasteiger partial charge in [0.2, 0.25) is 5.41 Å². The Balaban J connectivity index is 3.03. The molecule has 0 amide bonds. The average Bonchev–Trinajstić information content (AvgIpc) is 2.90. The molecular formula is C21H24N4O2Si. The van der Waals surface area contributed by atoms with Gasteiger partial charge in [-0.1, -0.05) is 37.3 Å². The zero-order valence-corrected chi connectivity index (χ0v) is 17.9. The summed E-state index contributed by atoms with van der Waals surface area (Å²) in [5.74, 6) is -1.70. The maximum absolute atomic E-state index is 10.3. The van der Waals surface area contributed by atoms with Crippen molar-refractivity contribution in [3.05, 3.63) is 35.9 Å². The van der Waals surface area contributed by atoms with Crippen molar-refractivity contribution in [3.63, 3.8) is 0 Å². The predicted molar refractivity (Wildman–Crippen MR) is 105 cm³/mol. The van der Waals surface area contributed by atoms with Crippen LogP contribution in [-0.2, 0) is 14.6 Å². The van der Waals surface area contributed by atoms with Crippen LogP contribution in [0.1, 0.15) is 25.3 Å². The molecule has 0 N–H and O–H groups in total. The van der Waals surface area contributed by atoms with E-state index in [2.05, 4.69) is 12.1 Å². The van der Waals surface area contributed by atoms with Gasteiger partial charge in [0.1, 0.15) is 0 Å². The number of methoxy groups -OCH3 is 1. The molecule has 0 heterocycles. The quantitative estimate of drug-likeness (QED) is 0.553. The summed E-state index contributed by atoms with van der Waals surface area (Å²) in [5.41, 5.74) is -4.49. The molecule has 1 aromatic rings. The largest absolute Gasteiger partial charge is 0.389 e. The zero-order chi connectivity index (χ0) is 21.3. The Morgan fingerprint density at radius 1 is 0.929 bits per heavy atom. The van der Waals surface area contributed by atoms with E-state index >= 15 is 0 Å². The van der Waals surface area contributed by atoms with Crippen molar-refractivity contribution >= 4 is 8.32 Å². The van der Waals surface area contributed by atoms with Crippen LogP contribution in [0.3, 0.4) is 0 Å². The first-order valence-corrected chi connectivity index (χ1v) is 12.5. The smallest absolute Gasteiger partial charge is 0.228 e. The Bertz CT molecular complexity index is 885. The first-order valence-electron chi connectivity index (χ1n) is 9.09. The van der Waals surface area contributed by atoms with Crippen molar-refractivity contribution in [1.82, 2.24) is 0 Å². The minimum absolute atomic E-state index is 0.0591. The molecular weight excluding hydrogens is 368 g/mol. The topological polar surface area (TPSA) is 114 Å². The fraction of sp³-hybridized carbons (Fsp3) is 0.524. The second kappa shape index (κ2) is 7.05. The average molecular weight is 393 g/mol. The van der Waals surface area contributed by atoms with Crippen molar-refractivity contribution in [2.45, 2.75) is 50.6 Å². The maximum atomic E-state index is 10.3. The molecule has 144 valence electrons. The molecule has 0 bridgehead atoms. The molecule has 1 aliphatic carbocycles. The predicted octanol–water partition coefficient (Wildman–Crippen LogP) is 4.00. The normalized spacial score (nSPS) is 27.8. The molecule has 1 aromatic carbocycles. The van der Waals surface area contributed by atoms with Crippen LogP contribution in [-0.4, -0.2) is 21.2 Å². The lowest BCUT2D eigenvalue weighted by Gasteiger charge is -2.42. The van der Waals surface area contributed by atoms with Crippen LogP contribution in [0.2, 0.25) is 19.6 Å². The van der Waals surface area contributed by atoms with Crippen LogP contribution >= 0.6 is 0 Å². The second-order valence-corrected chi connectivity index (χ2v) is 12.5. The van der Waals surface area contributed by atoms with Crippen LogP contribution in [0.4, 0.5) is 0 Å². The fourth-order valence-corrected chi connectivity index (χ4v) is 5.92. The first kappa shape index (κ1) is 21.6. The van der Waals surface area contributed by atoms with E-state index in [0.29, 0.717) is 12.0 Å². The van der Waals surface area contributed by atoms with Gasteiger partial charge in [0.05, 0.1) is 24.3 Å². The van der Waals surface area contributed by atoms with Gasteiger partial charge in [-0.15, -0.1) is 0 Å². The van der Waals surface area contributed by atoms with Crippen molar-refractivity contribution in [2.24, 2.45) is 10.8 Å². The summed E-state index contributed by atoms with van der Waals surface area (Å²) in [7, 11) is -0.972. The van der Waals surface area contributed by atoms with Crippen molar-refractivity contribution in [2.75, 3.05) is 7.11 Å². The standard InChI is InChI=1S/C21H24N4O2Si/c1-6-18(17-10-8-7-9-11-17)12-21(26-2,27-28(3,4)5)20(15-24,16-25)19(18,13-22)14-23/h7-11H,6,12H2,1-5H3. The summed E-state index contributed by atoms with van der Waals surface area (Å²) in [4.78, 5) is 0. The summed E-state index contributed by atoms with van der Waals surface area (Å²) in [6.45, 7) is 7.61. The third-order valence-electron chi connectivity index (χ3n) is 5.79. The van der Waals surface area contributed by atoms with E-state index in [9.17, 15) is 21.0 Å². The highest BCUT2D eigenvalue weighted by Gasteiger charge is 2.82. The molecule has 6 nitrogen and oxygen atoms in total. The molecule has 7 heteroatoms. The van der Waals surface area contributed by atoms with Gasteiger partial charge in [0, 0.05) is 18.9 Å². The lowest BCUT2D eigenvalue weighted by Crippen LogP contribution is -2.57. The summed E-state index contributed by atoms with van der Waals surface area (Å²) in [5, 5.41) is 41.1. The molecule has 1 saturated carbocycles. The minimum Gasteiger partial charge on any atom is -0.389 e. The maximum Gasteiger partial charge on any atom is 0.228 e. The third-order valence-corrected chi connectivity index (χ3v) is 6.73. The van der Waals surface area contributed by atoms with Crippen molar-refractivity contribution in [1.29, 1.82) is 21.0 Å². The second-order valence-electron chi connectivity index (χ2n) is 8.10. The number of rotatable bonds is 5. The van der Waals surface area contributed by atoms with Gasteiger partial charge < -0.3 is 9.16 Å². The van der Waals surface area contributed by atoms with E-state index in [0.717, 1.165) is 0 Å². The Morgan fingerprint density at radius 3 is 1.79 bits per heavy atom. The highest BCUT2D eigenvalue weighted by atomic mass is 28.4. The summed E-state index contributed by atoms with van der Waals surface area (Å²) in [6, 6.07) is 17.3. The molecule has 2 unspecified atom stereocenters. The van der Waals surface area contributed by atoms with Gasteiger partial charge in [-0.2, -0.15) is 21.0 Å². The summed E-state index contributed by atoms with van der Waals surface area (Å²) < 4.78 is 12.1. The van der Waals surface area contributed by atoms with Crippen LogP contribution < -0.4 is 0 Å². The van der Waals surface area contributed by atoms with Gasteiger partial charge in [-0.3, -0.25) is 0 Å². The SMILES string of the molecule is CCC1(c2ccccc2)CC(OC)(O[Si](C)(C)C)C(C#N)(C#N)C1(C#N)C#N. The number of ether oxygens (including phenoxy) is 1. The van der Waals surface area contributed by atoms with Gasteiger partial charge in [0.25, 0.3) is 0 Å². The number of hydrogen-bond acceptors (Lipinski definition) is 6. The number of hydrogen-bond donors (Lipinski definition) is 0. The van der Waals surface area contributed by atoms with Crippen LogP contribution in [0.25, 0.3) is 0 Å². The Hall–Kier alpha value is -2.68. The van der Waals surface area contributed by atoms with E-state index in [4.69, 9.17) is 9.16 Å². The highest BCUT2D eigenvalue weighted by molar-refractivity contribution is 6.69. The highest BCUT2D eigenvalue weighted by Crippen LogP contribution is 2.69. The number of benzene rings is 1. The third kappa shape index (κ3) is 2.49. The molecule has 0 saturated heterocycles. The molecule has 0 radical (unpaired) electrons. The van der Waals surface area contributed by atoms with Gasteiger partial charge in [0.15, 0.2) is 19.5 Å².